The van der Waals surface area contributed by atoms with Crippen LogP contribution in [0.15, 0.2) is 12.2 Å². The third-order valence-electron chi connectivity index (χ3n) is 7.86. The minimum absolute atomic E-state index is 0.0284. The van der Waals surface area contributed by atoms with Crippen LogP contribution in [0, 0.1) is 28.6 Å². The molecule has 0 heterocycles. The number of aliphatic hydroxyl groups is 3. The topological polar surface area (TPSA) is 77.8 Å². The summed E-state index contributed by atoms with van der Waals surface area (Å²) in [6, 6.07) is 0. The van der Waals surface area contributed by atoms with Gasteiger partial charge in [-0.15, -0.1) is 0 Å². The summed E-state index contributed by atoms with van der Waals surface area (Å²) >= 11 is 0. The van der Waals surface area contributed by atoms with Gasteiger partial charge < -0.3 is 15.3 Å². The second-order valence-corrected chi connectivity index (χ2v) is 9.55. The second-order valence-electron chi connectivity index (χ2n) is 9.55. The fourth-order valence-corrected chi connectivity index (χ4v) is 5.86. The first kappa shape index (κ1) is 18.1. The molecular weight excluding hydrogens is 304 g/mol. The number of hydrogen-bond donors (Lipinski definition) is 3. The molecule has 0 bridgehead atoms. The van der Waals surface area contributed by atoms with Crippen LogP contribution >= 0.6 is 0 Å². The smallest absolute Gasteiger partial charge is 0.142 e. The second kappa shape index (κ2) is 5.15. The van der Waals surface area contributed by atoms with Crippen LogP contribution in [0.3, 0.4) is 0 Å². The first-order valence-electron chi connectivity index (χ1n) is 9.23. The van der Waals surface area contributed by atoms with Gasteiger partial charge in [0.15, 0.2) is 0 Å². The Morgan fingerprint density at radius 3 is 2.33 bits per heavy atom. The molecule has 0 radical (unpaired) electrons. The van der Waals surface area contributed by atoms with E-state index in [1.807, 2.05) is 13.8 Å². The maximum Gasteiger partial charge on any atom is 0.142 e. The Kier molecular flexibility index (Phi) is 3.88. The summed E-state index contributed by atoms with van der Waals surface area (Å²) in [5.74, 6) is -0.419. The standard InChI is InChI=1S/C20H32O4/c1-12(2)20(24)9-8-17(3)11-14-18(4,23)7-6-15(21)19(14,5)16(22)10-13(17)20/h6-7,12-15,21,23-24H,8-11H2,1-5H3/t13-,14-,15-,17-,18+,19+,20-/m1/s1. The SMILES string of the molecule is CC(C)[C@]1(O)CC[C@]2(C)C[C@H]3[C@](C)(C(=O)C[C@H]21)[C@H](O)C=C[C@]3(C)O. The van der Waals surface area contributed by atoms with Crippen molar-refractivity contribution in [3.8, 4) is 0 Å². The van der Waals surface area contributed by atoms with Crippen LogP contribution in [-0.4, -0.2) is 38.4 Å². The summed E-state index contributed by atoms with van der Waals surface area (Å²) in [5.41, 5.74) is -3.17. The molecule has 3 aliphatic carbocycles. The van der Waals surface area contributed by atoms with Gasteiger partial charge in [0.2, 0.25) is 0 Å². The number of Topliss-reactive ketones (excluding diaryl/α,β-unsaturated/α-hetero) is 1. The number of hydrogen-bond acceptors (Lipinski definition) is 4. The Bertz CT molecular complexity index is 580. The van der Waals surface area contributed by atoms with E-state index in [1.54, 1.807) is 26.0 Å². The molecule has 0 aromatic rings. The van der Waals surface area contributed by atoms with Gasteiger partial charge in [0, 0.05) is 18.3 Å². The van der Waals surface area contributed by atoms with Gasteiger partial charge in [0.25, 0.3) is 0 Å². The lowest BCUT2D eigenvalue weighted by Crippen LogP contribution is -2.55. The van der Waals surface area contributed by atoms with E-state index in [1.165, 1.54) is 0 Å². The van der Waals surface area contributed by atoms with Crippen LogP contribution in [-0.2, 0) is 4.79 Å². The highest BCUT2D eigenvalue weighted by atomic mass is 16.3. The molecule has 4 heteroatoms. The summed E-state index contributed by atoms with van der Waals surface area (Å²) < 4.78 is 0. The van der Waals surface area contributed by atoms with Crippen LogP contribution in [0.25, 0.3) is 0 Å². The van der Waals surface area contributed by atoms with Crippen LogP contribution in [0.2, 0.25) is 0 Å². The van der Waals surface area contributed by atoms with Gasteiger partial charge in [-0.25, -0.2) is 0 Å². The average molecular weight is 336 g/mol. The minimum atomic E-state index is -1.12. The summed E-state index contributed by atoms with van der Waals surface area (Å²) in [6.07, 6.45) is 4.79. The maximum atomic E-state index is 13.2. The molecule has 0 unspecified atom stereocenters. The predicted octanol–water partition coefficient (Wildman–Crippen LogP) is 2.46. The zero-order valence-corrected chi connectivity index (χ0v) is 15.5. The predicted molar refractivity (Wildman–Crippen MR) is 92.2 cm³/mol. The molecule has 2 saturated carbocycles. The molecule has 24 heavy (non-hydrogen) atoms. The van der Waals surface area contributed by atoms with E-state index in [0.717, 1.165) is 6.42 Å². The molecule has 0 amide bonds. The molecule has 7 atom stereocenters. The van der Waals surface area contributed by atoms with Gasteiger partial charge in [-0.1, -0.05) is 32.9 Å². The van der Waals surface area contributed by atoms with Crippen molar-refractivity contribution in [2.24, 2.45) is 28.6 Å². The Balaban J connectivity index is 2.11. The summed E-state index contributed by atoms with van der Waals surface area (Å²) in [5, 5.41) is 32.8. The zero-order valence-electron chi connectivity index (χ0n) is 15.5. The molecule has 4 nitrogen and oxygen atoms in total. The van der Waals surface area contributed by atoms with Crippen molar-refractivity contribution in [1.29, 1.82) is 0 Å². The highest BCUT2D eigenvalue weighted by molar-refractivity contribution is 5.87. The van der Waals surface area contributed by atoms with Gasteiger partial charge in [-0.05, 0) is 44.4 Å². The molecule has 0 saturated heterocycles. The monoisotopic (exact) mass is 336 g/mol. The molecule has 2 fully saturated rings. The lowest BCUT2D eigenvalue weighted by molar-refractivity contribution is -0.148. The van der Waals surface area contributed by atoms with Crippen LogP contribution < -0.4 is 0 Å². The van der Waals surface area contributed by atoms with Crippen molar-refractivity contribution in [3.05, 3.63) is 12.2 Å². The normalized spacial score (nSPS) is 54.5. The van der Waals surface area contributed by atoms with Gasteiger partial charge in [0.05, 0.1) is 22.7 Å². The van der Waals surface area contributed by atoms with E-state index in [4.69, 9.17) is 0 Å². The third-order valence-corrected chi connectivity index (χ3v) is 7.86. The fourth-order valence-electron chi connectivity index (χ4n) is 5.86. The summed E-state index contributed by atoms with van der Waals surface area (Å²) in [7, 11) is 0. The molecule has 3 rings (SSSR count). The largest absolute Gasteiger partial charge is 0.389 e. The van der Waals surface area contributed by atoms with E-state index in [9.17, 15) is 20.1 Å². The Morgan fingerprint density at radius 2 is 1.75 bits per heavy atom. The third kappa shape index (κ3) is 2.19. The Labute approximate surface area is 145 Å². The van der Waals surface area contributed by atoms with E-state index in [0.29, 0.717) is 12.8 Å². The molecule has 136 valence electrons. The average Bonchev–Trinajstić information content (AvgIpc) is 2.69. The molecule has 0 aromatic carbocycles. The Hall–Kier alpha value is -0.710. The van der Waals surface area contributed by atoms with Gasteiger partial charge in [-0.3, -0.25) is 4.79 Å². The fraction of sp³-hybridized carbons (Fsp3) is 0.850. The highest BCUT2D eigenvalue weighted by Crippen LogP contribution is 2.63. The van der Waals surface area contributed by atoms with E-state index >= 15 is 0 Å². The van der Waals surface area contributed by atoms with Gasteiger partial charge in [0.1, 0.15) is 5.78 Å². The van der Waals surface area contributed by atoms with Crippen molar-refractivity contribution in [2.45, 2.75) is 77.6 Å². The van der Waals surface area contributed by atoms with E-state index in [2.05, 4.69) is 6.92 Å². The van der Waals surface area contributed by atoms with Crippen LogP contribution in [0.1, 0.15) is 60.3 Å². The molecule has 0 aliphatic heterocycles. The highest BCUT2D eigenvalue weighted by Gasteiger charge is 2.64. The van der Waals surface area contributed by atoms with E-state index in [-0.39, 0.29) is 35.4 Å². The van der Waals surface area contributed by atoms with Crippen molar-refractivity contribution >= 4 is 5.78 Å². The lowest BCUT2D eigenvalue weighted by atomic mass is 9.58. The summed E-state index contributed by atoms with van der Waals surface area (Å²) in [4.78, 5) is 13.2. The first-order chi connectivity index (χ1) is 10.9. The number of carbonyl (C=O) groups is 1. The minimum Gasteiger partial charge on any atom is -0.389 e. The molecular formula is C20H32O4. The number of rotatable bonds is 1. The number of fused-ring (bicyclic) bond motifs is 2. The van der Waals surface area contributed by atoms with Crippen molar-refractivity contribution in [3.63, 3.8) is 0 Å². The van der Waals surface area contributed by atoms with Crippen molar-refractivity contribution in [1.82, 2.24) is 0 Å². The molecule has 0 aromatic heterocycles. The van der Waals surface area contributed by atoms with Crippen molar-refractivity contribution < 1.29 is 20.1 Å². The number of aliphatic hydroxyl groups excluding tert-OH is 1. The number of ketones is 1. The van der Waals surface area contributed by atoms with Crippen molar-refractivity contribution in [2.75, 3.05) is 0 Å². The Morgan fingerprint density at radius 1 is 1.12 bits per heavy atom. The van der Waals surface area contributed by atoms with Gasteiger partial charge >= 0.3 is 0 Å². The quantitative estimate of drug-likeness (QED) is 0.643. The summed E-state index contributed by atoms with van der Waals surface area (Å²) in [6.45, 7) is 9.71. The zero-order chi connectivity index (χ0) is 18.1. The van der Waals surface area contributed by atoms with Gasteiger partial charge in [-0.2, -0.15) is 0 Å². The van der Waals surface area contributed by atoms with Crippen LogP contribution in [0.5, 0.6) is 0 Å². The lowest BCUT2D eigenvalue weighted by Gasteiger charge is -2.49. The molecule has 0 spiro atoms. The van der Waals surface area contributed by atoms with Crippen LogP contribution in [0.4, 0.5) is 0 Å². The maximum absolute atomic E-state index is 13.2. The number of carbonyl (C=O) groups excluding carboxylic acids is 1. The van der Waals surface area contributed by atoms with E-state index < -0.39 is 22.7 Å². The first-order valence-corrected chi connectivity index (χ1v) is 9.23. The molecule has 3 aliphatic rings. The molecule has 3 N–H and O–H groups in total.